The van der Waals surface area contributed by atoms with E-state index in [4.69, 9.17) is 0 Å². The van der Waals surface area contributed by atoms with Crippen molar-refractivity contribution < 1.29 is 0 Å². The number of nitrogens with zero attached hydrogens (tertiary/aromatic N) is 2. The molecule has 0 aromatic carbocycles. The Bertz CT molecular complexity index is 147. The maximum atomic E-state index is 3.62. The van der Waals surface area contributed by atoms with Gasteiger partial charge in [-0.3, -0.25) is 0 Å². The minimum Gasteiger partial charge on any atom is -0.311 e. The van der Waals surface area contributed by atoms with Crippen molar-refractivity contribution in [3.05, 3.63) is 0 Å². The van der Waals surface area contributed by atoms with Crippen molar-refractivity contribution in [2.45, 2.75) is 25.8 Å². The first kappa shape index (κ1) is 12.0. The highest BCUT2D eigenvalue weighted by atomic mass is 15.2. The number of hydrogen-bond acceptors (Lipinski definition) is 3. The summed E-state index contributed by atoms with van der Waals surface area (Å²) >= 11 is 0. The van der Waals surface area contributed by atoms with Crippen molar-refractivity contribution in [1.82, 2.24) is 15.1 Å². The molecule has 1 aliphatic heterocycles. The molecular formula is C11H25N3. The lowest BCUT2D eigenvalue weighted by Gasteiger charge is -2.25. The number of nitrogens with one attached hydrogen (secondary N) is 1. The van der Waals surface area contributed by atoms with Gasteiger partial charge in [0.15, 0.2) is 0 Å². The molecule has 0 radical (unpaired) electrons. The highest BCUT2D eigenvalue weighted by Crippen LogP contribution is 2.02. The van der Waals surface area contributed by atoms with Crippen LogP contribution < -0.4 is 5.32 Å². The molecule has 1 fully saturated rings. The molecule has 1 atom stereocenters. The SMILES string of the molecule is CCCN1CCCNC(CN(C)C)C1. The summed E-state index contributed by atoms with van der Waals surface area (Å²) in [5, 5.41) is 3.62. The highest BCUT2D eigenvalue weighted by Gasteiger charge is 2.16. The molecule has 1 N–H and O–H groups in total. The molecule has 1 aliphatic rings. The average Bonchev–Trinajstić information content (AvgIpc) is 2.30. The molecule has 1 heterocycles. The van der Waals surface area contributed by atoms with E-state index in [1.54, 1.807) is 0 Å². The number of hydrogen-bond donors (Lipinski definition) is 1. The van der Waals surface area contributed by atoms with E-state index in [1.165, 1.54) is 39.0 Å². The van der Waals surface area contributed by atoms with Crippen LogP contribution in [0, 0.1) is 0 Å². The van der Waals surface area contributed by atoms with Gasteiger partial charge in [-0.2, -0.15) is 0 Å². The standard InChI is InChI=1S/C11H25N3/c1-4-7-14-8-5-6-12-11(10-14)9-13(2)3/h11-12H,4-10H2,1-3H3. The van der Waals surface area contributed by atoms with Crippen LogP contribution in [0.4, 0.5) is 0 Å². The molecular weight excluding hydrogens is 174 g/mol. The van der Waals surface area contributed by atoms with Gasteiger partial charge in [0.1, 0.15) is 0 Å². The van der Waals surface area contributed by atoms with Gasteiger partial charge >= 0.3 is 0 Å². The Labute approximate surface area is 88.5 Å². The van der Waals surface area contributed by atoms with E-state index in [9.17, 15) is 0 Å². The first-order chi connectivity index (χ1) is 6.72. The maximum Gasteiger partial charge on any atom is 0.0322 e. The summed E-state index contributed by atoms with van der Waals surface area (Å²) in [6.07, 6.45) is 2.57. The average molecular weight is 199 g/mol. The molecule has 3 heteroatoms. The third-order valence-electron chi connectivity index (χ3n) is 2.69. The van der Waals surface area contributed by atoms with E-state index in [2.05, 4.69) is 36.1 Å². The Hall–Kier alpha value is -0.120. The Morgan fingerprint density at radius 3 is 2.86 bits per heavy atom. The predicted octanol–water partition coefficient (Wildman–Crippen LogP) is 0.622. The van der Waals surface area contributed by atoms with E-state index in [0.717, 1.165) is 6.54 Å². The van der Waals surface area contributed by atoms with Crippen LogP contribution in [-0.4, -0.2) is 62.7 Å². The van der Waals surface area contributed by atoms with E-state index in [0.29, 0.717) is 6.04 Å². The second kappa shape index (κ2) is 6.38. The first-order valence-electron chi connectivity index (χ1n) is 5.83. The van der Waals surface area contributed by atoms with Gasteiger partial charge in [-0.15, -0.1) is 0 Å². The summed E-state index contributed by atoms with van der Waals surface area (Å²) in [4.78, 5) is 4.86. The van der Waals surface area contributed by atoms with Crippen LogP contribution in [0.15, 0.2) is 0 Å². The monoisotopic (exact) mass is 199 g/mol. The van der Waals surface area contributed by atoms with Crippen molar-refractivity contribution in [2.24, 2.45) is 0 Å². The third kappa shape index (κ3) is 4.40. The summed E-state index contributed by atoms with van der Waals surface area (Å²) in [6.45, 7) is 8.33. The molecule has 1 saturated heterocycles. The Kier molecular flexibility index (Phi) is 5.45. The first-order valence-corrected chi connectivity index (χ1v) is 5.83. The molecule has 0 bridgehead atoms. The molecule has 14 heavy (non-hydrogen) atoms. The lowest BCUT2D eigenvalue weighted by molar-refractivity contribution is 0.243. The molecule has 0 spiro atoms. The molecule has 1 unspecified atom stereocenters. The zero-order chi connectivity index (χ0) is 10.4. The summed E-state index contributed by atoms with van der Waals surface area (Å²) in [7, 11) is 4.30. The van der Waals surface area contributed by atoms with Gasteiger partial charge in [-0.05, 0) is 46.6 Å². The number of rotatable bonds is 4. The molecule has 0 amide bonds. The lowest BCUT2D eigenvalue weighted by atomic mass is 10.2. The molecule has 1 rings (SSSR count). The second-order valence-electron chi connectivity index (χ2n) is 4.57. The largest absolute Gasteiger partial charge is 0.311 e. The van der Waals surface area contributed by atoms with Crippen LogP contribution in [0.5, 0.6) is 0 Å². The molecule has 3 nitrogen and oxygen atoms in total. The fraction of sp³-hybridized carbons (Fsp3) is 1.00. The smallest absolute Gasteiger partial charge is 0.0322 e. The van der Waals surface area contributed by atoms with Gasteiger partial charge in [0.05, 0.1) is 0 Å². The van der Waals surface area contributed by atoms with Crippen LogP contribution in [0.25, 0.3) is 0 Å². The molecule has 84 valence electrons. The summed E-state index contributed by atoms with van der Waals surface area (Å²) in [5.41, 5.74) is 0. The fourth-order valence-electron chi connectivity index (χ4n) is 2.16. The van der Waals surface area contributed by atoms with E-state index < -0.39 is 0 Å². The van der Waals surface area contributed by atoms with Gasteiger partial charge in [-0.1, -0.05) is 6.92 Å². The quantitative estimate of drug-likeness (QED) is 0.716. The lowest BCUT2D eigenvalue weighted by Crippen LogP contribution is -2.44. The van der Waals surface area contributed by atoms with E-state index >= 15 is 0 Å². The van der Waals surface area contributed by atoms with Gasteiger partial charge in [0.25, 0.3) is 0 Å². The van der Waals surface area contributed by atoms with Crippen LogP contribution in [-0.2, 0) is 0 Å². The Balaban J connectivity index is 2.34. The third-order valence-corrected chi connectivity index (χ3v) is 2.69. The maximum absolute atomic E-state index is 3.62. The minimum atomic E-state index is 0.652. The van der Waals surface area contributed by atoms with Crippen molar-refractivity contribution in [2.75, 3.05) is 46.8 Å². The van der Waals surface area contributed by atoms with Crippen LogP contribution in [0.3, 0.4) is 0 Å². The summed E-state index contributed by atoms with van der Waals surface area (Å²) in [5.74, 6) is 0. The topological polar surface area (TPSA) is 18.5 Å². The summed E-state index contributed by atoms with van der Waals surface area (Å²) < 4.78 is 0. The fourth-order valence-corrected chi connectivity index (χ4v) is 2.16. The summed E-state index contributed by atoms with van der Waals surface area (Å²) in [6, 6.07) is 0.652. The van der Waals surface area contributed by atoms with Gasteiger partial charge in [0, 0.05) is 19.1 Å². The molecule has 0 aliphatic carbocycles. The van der Waals surface area contributed by atoms with Crippen LogP contribution >= 0.6 is 0 Å². The minimum absolute atomic E-state index is 0.652. The molecule has 0 aromatic rings. The van der Waals surface area contributed by atoms with Crippen molar-refractivity contribution >= 4 is 0 Å². The molecule has 0 aromatic heterocycles. The predicted molar refractivity (Wildman–Crippen MR) is 61.7 cm³/mol. The van der Waals surface area contributed by atoms with Crippen molar-refractivity contribution in [3.63, 3.8) is 0 Å². The zero-order valence-corrected chi connectivity index (χ0v) is 9.92. The van der Waals surface area contributed by atoms with Gasteiger partial charge in [0.2, 0.25) is 0 Å². The van der Waals surface area contributed by atoms with Crippen molar-refractivity contribution in [1.29, 1.82) is 0 Å². The number of likely N-dealkylation sites (N-methyl/N-ethyl adjacent to an activating group) is 1. The zero-order valence-electron chi connectivity index (χ0n) is 9.92. The Morgan fingerprint density at radius 2 is 2.21 bits per heavy atom. The highest BCUT2D eigenvalue weighted by molar-refractivity contribution is 4.77. The second-order valence-corrected chi connectivity index (χ2v) is 4.57. The molecule has 0 saturated carbocycles. The van der Waals surface area contributed by atoms with E-state index in [-0.39, 0.29) is 0 Å². The normalized spacial score (nSPS) is 25.3. The van der Waals surface area contributed by atoms with E-state index in [1.807, 2.05) is 0 Å². The van der Waals surface area contributed by atoms with Gasteiger partial charge < -0.3 is 15.1 Å². The van der Waals surface area contributed by atoms with Crippen LogP contribution in [0.2, 0.25) is 0 Å². The Morgan fingerprint density at radius 1 is 1.43 bits per heavy atom. The van der Waals surface area contributed by atoms with Gasteiger partial charge in [-0.25, -0.2) is 0 Å². The van der Waals surface area contributed by atoms with Crippen LogP contribution in [0.1, 0.15) is 19.8 Å². The van der Waals surface area contributed by atoms with Crippen molar-refractivity contribution in [3.8, 4) is 0 Å².